The van der Waals surface area contributed by atoms with Crippen LogP contribution < -0.4 is 11.1 Å². The van der Waals surface area contributed by atoms with Gasteiger partial charge in [0.05, 0.1) is 12.1 Å². The van der Waals surface area contributed by atoms with Gasteiger partial charge in [0.15, 0.2) is 0 Å². The number of rotatable bonds is 4. The second kappa shape index (κ2) is 5.87. The van der Waals surface area contributed by atoms with Crippen LogP contribution in [0.3, 0.4) is 0 Å². The summed E-state index contributed by atoms with van der Waals surface area (Å²) in [6.45, 7) is 0.240. The highest BCUT2D eigenvalue weighted by atomic mass is 19.1. The Morgan fingerprint density at radius 1 is 1.33 bits per heavy atom. The second-order valence-corrected chi connectivity index (χ2v) is 5.87. The maximum atomic E-state index is 13.9. The molecular weight excluding hydrogens is 267 g/mol. The molecule has 3 nitrogen and oxygen atoms in total. The van der Waals surface area contributed by atoms with Gasteiger partial charge in [-0.3, -0.25) is 4.79 Å². The third kappa shape index (κ3) is 3.43. The fourth-order valence-corrected chi connectivity index (χ4v) is 2.69. The number of nitrogens with two attached hydrogens (primary N) is 1. The molecule has 0 atom stereocenters. The lowest BCUT2D eigenvalue weighted by Crippen LogP contribution is -2.38. The van der Waals surface area contributed by atoms with E-state index in [-0.39, 0.29) is 24.1 Å². The predicted molar refractivity (Wildman–Crippen MR) is 79.0 cm³/mol. The lowest BCUT2D eigenvalue weighted by molar-refractivity contribution is 0.0922. The van der Waals surface area contributed by atoms with Crippen molar-refractivity contribution < 1.29 is 9.18 Å². The Hall–Kier alpha value is -1.86. The largest absolute Gasteiger partial charge is 0.349 e. The summed E-state index contributed by atoms with van der Waals surface area (Å²) in [5.74, 6) is 5.89. The monoisotopic (exact) mass is 286 g/mol. The van der Waals surface area contributed by atoms with Crippen molar-refractivity contribution in [1.29, 1.82) is 0 Å². The van der Waals surface area contributed by atoms with Gasteiger partial charge >= 0.3 is 0 Å². The van der Waals surface area contributed by atoms with Crippen LogP contribution in [0.5, 0.6) is 0 Å². The van der Waals surface area contributed by atoms with Gasteiger partial charge < -0.3 is 11.1 Å². The first-order chi connectivity index (χ1) is 10.2. The third-order valence-corrected chi connectivity index (χ3v) is 4.10. The average molecular weight is 286 g/mol. The van der Waals surface area contributed by atoms with Gasteiger partial charge in [-0.2, -0.15) is 0 Å². The van der Waals surface area contributed by atoms with Crippen LogP contribution in [0, 0.1) is 29.5 Å². The molecule has 4 heteroatoms. The quantitative estimate of drug-likeness (QED) is 0.832. The second-order valence-electron chi connectivity index (χ2n) is 5.87. The SMILES string of the molecule is NCC#Cc1ccc(F)c(C(=O)NC(C2CC2)C2CC2)c1. The molecule has 1 amide bonds. The van der Waals surface area contributed by atoms with Crippen molar-refractivity contribution in [3.05, 3.63) is 35.1 Å². The molecule has 0 spiro atoms. The summed E-state index contributed by atoms with van der Waals surface area (Å²) < 4.78 is 13.9. The molecule has 1 aromatic rings. The van der Waals surface area contributed by atoms with Crippen LogP contribution in [-0.4, -0.2) is 18.5 Å². The van der Waals surface area contributed by atoms with Gasteiger partial charge in [-0.1, -0.05) is 11.8 Å². The summed E-state index contributed by atoms with van der Waals surface area (Å²) in [5.41, 5.74) is 6.01. The number of hydrogen-bond acceptors (Lipinski definition) is 2. The van der Waals surface area contributed by atoms with E-state index in [2.05, 4.69) is 17.2 Å². The van der Waals surface area contributed by atoms with Crippen LogP contribution in [0.1, 0.15) is 41.6 Å². The molecule has 0 saturated heterocycles. The predicted octanol–water partition coefficient (Wildman–Crippen LogP) is 2.05. The van der Waals surface area contributed by atoms with Crippen molar-refractivity contribution in [3.63, 3.8) is 0 Å². The number of benzene rings is 1. The summed E-state index contributed by atoms with van der Waals surface area (Å²) in [6.07, 6.45) is 4.69. The number of amides is 1. The Labute approximate surface area is 124 Å². The molecule has 21 heavy (non-hydrogen) atoms. The van der Waals surface area contributed by atoms with Crippen molar-refractivity contribution in [3.8, 4) is 11.8 Å². The average Bonchev–Trinajstić information content (AvgIpc) is 3.37. The summed E-state index contributed by atoms with van der Waals surface area (Å²) in [4.78, 5) is 12.3. The van der Waals surface area contributed by atoms with E-state index >= 15 is 0 Å². The zero-order chi connectivity index (χ0) is 14.8. The van der Waals surface area contributed by atoms with Gasteiger partial charge in [0.2, 0.25) is 0 Å². The van der Waals surface area contributed by atoms with Crippen LogP contribution >= 0.6 is 0 Å². The molecule has 2 aliphatic carbocycles. The van der Waals surface area contributed by atoms with Crippen molar-refractivity contribution in [1.82, 2.24) is 5.32 Å². The molecule has 1 aromatic carbocycles. The highest BCUT2D eigenvalue weighted by Crippen LogP contribution is 2.44. The smallest absolute Gasteiger partial charge is 0.254 e. The maximum absolute atomic E-state index is 13.9. The summed E-state index contributed by atoms with van der Waals surface area (Å²) in [5, 5.41) is 3.03. The van der Waals surface area contributed by atoms with Crippen LogP contribution in [-0.2, 0) is 0 Å². The molecule has 2 aliphatic rings. The fraction of sp³-hybridized carbons (Fsp3) is 0.471. The zero-order valence-electron chi connectivity index (χ0n) is 11.9. The molecule has 0 bridgehead atoms. The van der Waals surface area contributed by atoms with Gasteiger partial charge in [-0.15, -0.1) is 0 Å². The fourth-order valence-electron chi connectivity index (χ4n) is 2.69. The highest BCUT2D eigenvalue weighted by molar-refractivity contribution is 5.95. The summed E-state index contributed by atoms with van der Waals surface area (Å²) >= 11 is 0. The lowest BCUT2D eigenvalue weighted by atomic mass is 10.1. The van der Waals surface area contributed by atoms with Gasteiger partial charge in [-0.25, -0.2) is 4.39 Å². The van der Waals surface area contributed by atoms with Gasteiger partial charge in [0.25, 0.3) is 5.91 Å². The minimum atomic E-state index is -0.504. The van der Waals surface area contributed by atoms with E-state index in [1.807, 2.05) is 0 Å². The number of nitrogens with one attached hydrogen (secondary N) is 1. The molecule has 0 heterocycles. The van der Waals surface area contributed by atoms with Gasteiger partial charge in [0, 0.05) is 11.6 Å². The van der Waals surface area contributed by atoms with Crippen molar-refractivity contribution >= 4 is 5.91 Å². The van der Waals surface area contributed by atoms with E-state index in [1.54, 1.807) is 6.07 Å². The molecule has 2 fully saturated rings. The first-order valence-corrected chi connectivity index (χ1v) is 7.48. The summed E-state index contributed by atoms with van der Waals surface area (Å²) in [7, 11) is 0. The Kier molecular flexibility index (Phi) is 3.94. The third-order valence-electron chi connectivity index (χ3n) is 4.10. The van der Waals surface area contributed by atoms with E-state index in [0.717, 1.165) is 0 Å². The summed E-state index contributed by atoms with van der Waals surface area (Å²) in [6, 6.07) is 4.58. The Bertz CT molecular complexity index is 597. The molecule has 3 N–H and O–H groups in total. The van der Waals surface area contributed by atoms with E-state index in [1.165, 1.54) is 37.8 Å². The van der Waals surface area contributed by atoms with E-state index < -0.39 is 5.82 Å². The zero-order valence-corrected chi connectivity index (χ0v) is 11.9. The minimum absolute atomic E-state index is 0.0742. The number of carbonyl (C=O) groups is 1. The van der Waals surface area contributed by atoms with Crippen LogP contribution in [0.15, 0.2) is 18.2 Å². The van der Waals surface area contributed by atoms with Crippen molar-refractivity contribution in [2.75, 3.05) is 6.54 Å². The number of halogens is 1. The highest BCUT2D eigenvalue weighted by Gasteiger charge is 2.42. The van der Waals surface area contributed by atoms with Gasteiger partial charge in [-0.05, 0) is 55.7 Å². The number of hydrogen-bond donors (Lipinski definition) is 2. The molecular formula is C17H19FN2O. The van der Waals surface area contributed by atoms with Crippen LogP contribution in [0.4, 0.5) is 4.39 Å². The molecule has 0 unspecified atom stereocenters. The minimum Gasteiger partial charge on any atom is -0.349 e. The molecule has 2 saturated carbocycles. The van der Waals surface area contributed by atoms with Gasteiger partial charge in [0.1, 0.15) is 5.82 Å². The molecule has 0 radical (unpaired) electrons. The normalized spacial score (nSPS) is 17.3. The van der Waals surface area contributed by atoms with E-state index in [9.17, 15) is 9.18 Å². The molecule has 3 rings (SSSR count). The Morgan fingerprint density at radius 2 is 2.00 bits per heavy atom. The van der Waals surface area contributed by atoms with E-state index in [4.69, 9.17) is 5.73 Å². The Morgan fingerprint density at radius 3 is 2.57 bits per heavy atom. The maximum Gasteiger partial charge on any atom is 0.254 e. The standard InChI is InChI=1S/C17H19FN2O/c18-15-8-3-11(2-1-9-19)10-14(15)17(21)20-16(12-4-5-12)13-6-7-13/h3,8,10,12-13,16H,4-7,9,19H2,(H,20,21). The first kappa shape index (κ1) is 14.1. The van der Waals surface area contributed by atoms with Crippen molar-refractivity contribution in [2.45, 2.75) is 31.7 Å². The van der Waals surface area contributed by atoms with Crippen molar-refractivity contribution in [2.24, 2.45) is 17.6 Å². The van der Waals surface area contributed by atoms with E-state index in [0.29, 0.717) is 17.4 Å². The molecule has 0 aromatic heterocycles. The Balaban J connectivity index is 1.76. The van der Waals surface area contributed by atoms with Crippen LogP contribution in [0.2, 0.25) is 0 Å². The molecule has 0 aliphatic heterocycles. The topological polar surface area (TPSA) is 55.1 Å². The number of carbonyl (C=O) groups excluding carboxylic acids is 1. The lowest BCUT2D eigenvalue weighted by Gasteiger charge is -2.18. The molecule has 110 valence electrons. The first-order valence-electron chi connectivity index (χ1n) is 7.48. The van der Waals surface area contributed by atoms with Crippen LogP contribution in [0.25, 0.3) is 0 Å².